The van der Waals surface area contributed by atoms with E-state index in [4.69, 9.17) is 18.9 Å². The summed E-state index contributed by atoms with van der Waals surface area (Å²) in [5, 5.41) is 11.5. The van der Waals surface area contributed by atoms with Crippen molar-refractivity contribution in [2.75, 3.05) is 13.7 Å². The molecule has 10 nitrogen and oxygen atoms in total. The van der Waals surface area contributed by atoms with Crippen LogP contribution in [0.4, 0.5) is 5.69 Å². The van der Waals surface area contributed by atoms with E-state index >= 15 is 0 Å². The SMILES string of the molecule is CCOC(=O)C1=C(c2ccccc2)N=c2s/c(=C\c3ccc(-c4ccccc4[N+](=O)[O-])o3)c(=O)n2[C@@H]1c1cccc(OC)c1. The lowest BCUT2D eigenvalue weighted by atomic mass is 9.93. The third kappa shape index (κ3) is 5.25. The number of nitrogens with zero attached hydrogens (tertiary/aromatic N) is 3. The fourth-order valence-corrected chi connectivity index (χ4v) is 6.09. The predicted octanol–water partition coefficient (Wildman–Crippen LogP) is 5.11. The largest absolute Gasteiger partial charge is 0.497 e. The molecule has 11 heteroatoms. The second-order valence-corrected chi connectivity index (χ2v) is 10.7. The van der Waals surface area contributed by atoms with Crippen molar-refractivity contribution in [2.45, 2.75) is 13.0 Å². The van der Waals surface area contributed by atoms with E-state index in [1.807, 2.05) is 36.4 Å². The van der Waals surface area contributed by atoms with Crippen molar-refractivity contribution in [3.05, 3.63) is 143 Å². The summed E-state index contributed by atoms with van der Waals surface area (Å²) in [7, 11) is 1.55. The zero-order valence-corrected chi connectivity index (χ0v) is 24.4. The number of furan rings is 1. The van der Waals surface area contributed by atoms with Gasteiger partial charge in [0.25, 0.3) is 11.2 Å². The van der Waals surface area contributed by atoms with E-state index in [1.165, 1.54) is 10.6 Å². The van der Waals surface area contributed by atoms with Gasteiger partial charge in [0.2, 0.25) is 0 Å². The number of carbonyl (C=O) groups excluding carboxylic acids is 1. The summed E-state index contributed by atoms with van der Waals surface area (Å²) in [4.78, 5) is 44.0. The number of carbonyl (C=O) groups is 1. The smallest absolute Gasteiger partial charge is 0.338 e. The molecule has 0 saturated heterocycles. The number of fused-ring (bicyclic) bond motifs is 1. The van der Waals surface area contributed by atoms with E-state index in [0.717, 1.165) is 11.3 Å². The van der Waals surface area contributed by atoms with E-state index in [9.17, 15) is 19.7 Å². The molecule has 0 radical (unpaired) electrons. The molecule has 0 saturated carbocycles. The van der Waals surface area contributed by atoms with Crippen LogP contribution in [0.15, 0.2) is 111 Å². The van der Waals surface area contributed by atoms with Gasteiger partial charge in [0, 0.05) is 17.7 Å². The number of nitro groups is 1. The van der Waals surface area contributed by atoms with Gasteiger partial charge in [0.15, 0.2) is 4.80 Å². The van der Waals surface area contributed by atoms with Crippen LogP contribution in [0.5, 0.6) is 5.75 Å². The summed E-state index contributed by atoms with van der Waals surface area (Å²) < 4.78 is 18.7. The molecule has 2 aromatic heterocycles. The molecular formula is C33H25N3O7S. The van der Waals surface area contributed by atoms with Gasteiger partial charge in [0.1, 0.15) is 17.3 Å². The Kier molecular flexibility index (Phi) is 7.78. The number of thiazole rings is 1. The Morgan fingerprint density at radius 1 is 1.07 bits per heavy atom. The number of benzene rings is 3. The van der Waals surface area contributed by atoms with Gasteiger partial charge in [-0.05, 0) is 42.8 Å². The number of rotatable bonds is 8. The Labute approximate surface area is 254 Å². The second kappa shape index (κ2) is 12.0. The molecule has 5 aromatic rings. The zero-order valence-electron chi connectivity index (χ0n) is 23.6. The fraction of sp³-hybridized carbons (Fsp3) is 0.121. The fourth-order valence-electron chi connectivity index (χ4n) is 5.11. The van der Waals surface area contributed by atoms with Gasteiger partial charge in [-0.3, -0.25) is 19.5 Å². The minimum atomic E-state index is -0.864. The van der Waals surface area contributed by atoms with E-state index < -0.39 is 16.9 Å². The predicted molar refractivity (Wildman–Crippen MR) is 165 cm³/mol. The molecule has 6 rings (SSSR count). The lowest BCUT2D eigenvalue weighted by molar-refractivity contribution is -0.384. The Morgan fingerprint density at radius 3 is 2.59 bits per heavy atom. The highest BCUT2D eigenvalue weighted by molar-refractivity contribution is 7.07. The van der Waals surface area contributed by atoms with E-state index in [2.05, 4.69) is 0 Å². The number of esters is 1. The number of para-hydroxylation sites is 1. The van der Waals surface area contributed by atoms with Crippen LogP contribution in [-0.4, -0.2) is 29.2 Å². The molecule has 0 unspecified atom stereocenters. The Balaban J connectivity index is 1.57. The first-order valence-electron chi connectivity index (χ1n) is 13.7. The van der Waals surface area contributed by atoms with E-state index in [-0.39, 0.29) is 23.4 Å². The van der Waals surface area contributed by atoms with Crippen LogP contribution < -0.4 is 19.6 Å². The first-order chi connectivity index (χ1) is 21.4. The van der Waals surface area contributed by atoms with Crippen LogP contribution in [0, 0.1) is 10.1 Å². The highest BCUT2D eigenvalue weighted by Crippen LogP contribution is 2.36. The van der Waals surface area contributed by atoms with Gasteiger partial charge < -0.3 is 13.9 Å². The molecule has 44 heavy (non-hydrogen) atoms. The van der Waals surface area contributed by atoms with Crippen LogP contribution in [0.3, 0.4) is 0 Å². The van der Waals surface area contributed by atoms with Crippen LogP contribution in [-0.2, 0) is 9.53 Å². The molecule has 3 aromatic carbocycles. The molecule has 220 valence electrons. The summed E-state index contributed by atoms with van der Waals surface area (Å²) in [5.41, 5.74) is 1.80. The topological polar surface area (TPSA) is 126 Å². The quantitative estimate of drug-likeness (QED) is 0.136. The first-order valence-corrected chi connectivity index (χ1v) is 14.5. The summed E-state index contributed by atoms with van der Waals surface area (Å²) in [6, 6.07) is 25.1. The third-order valence-electron chi connectivity index (χ3n) is 7.05. The molecule has 0 fully saturated rings. The van der Waals surface area contributed by atoms with Gasteiger partial charge in [-0.2, -0.15) is 0 Å². The van der Waals surface area contributed by atoms with Gasteiger partial charge in [-0.1, -0.05) is 65.9 Å². The minimum absolute atomic E-state index is 0.0917. The van der Waals surface area contributed by atoms with E-state index in [0.29, 0.717) is 49.0 Å². The number of methoxy groups -OCH3 is 1. The molecule has 0 bridgehead atoms. The first kappa shape index (κ1) is 28.6. The van der Waals surface area contributed by atoms with Gasteiger partial charge in [0.05, 0.1) is 46.0 Å². The van der Waals surface area contributed by atoms with Crippen molar-refractivity contribution < 1.29 is 23.6 Å². The van der Waals surface area contributed by atoms with Crippen LogP contribution in [0.25, 0.3) is 23.1 Å². The van der Waals surface area contributed by atoms with Crippen LogP contribution in [0.1, 0.15) is 29.9 Å². The number of nitro benzene ring substituents is 1. The van der Waals surface area contributed by atoms with Crippen molar-refractivity contribution in [1.82, 2.24) is 4.57 Å². The Bertz CT molecular complexity index is 2110. The van der Waals surface area contributed by atoms with E-state index in [1.54, 1.807) is 68.6 Å². The summed E-state index contributed by atoms with van der Waals surface area (Å²) >= 11 is 1.15. The summed E-state index contributed by atoms with van der Waals surface area (Å²) in [6.07, 6.45) is 1.57. The molecule has 1 aliphatic rings. The van der Waals surface area contributed by atoms with Crippen LogP contribution in [0.2, 0.25) is 0 Å². The highest BCUT2D eigenvalue weighted by atomic mass is 32.1. The normalized spacial score (nSPS) is 14.6. The standard InChI is InChI=1S/C33H25N3O7S/c1-3-42-32(38)28-29(20-10-5-4-6-11-20)34-33-35(30(28)21-12-9-13-22(18-21)41-2)31(37)27(44-33)19-23-16-17-26(43-23)24-14-7-8-15-25(24)36(39)40/h4-19,30H,3H2,1-2H3/b27-19-/t30-/m1/s1. The number of aromatic nitrogens is 1. The molecular weight excluding hydrogens is 582 g/mol. The molecule has 1 aliphatic heterocycles. The lowest BCUT2D eigenvalue weighted by Crippen LogP contribution is -2.40. The molecule has 0 amide bonds. The highest BCUT2D eigenvalue weighted by Gasteiger charge is 2.35. The van der Waals surface area contributed by atoms with Crippen molar-refractivity contribution in [3.63, 3.8) is 0 Å². The molecule has 0 N–H and O–H groups in total. The molecule has 3 heterocycles. The lowest BCUT2D eigenvalue weighted by Gasteiger charge is -2.26. The minimum Gasteiger partial charge on any atom is -0.497 e. The Morgan fingerprint density at radius 2 is 1.84 bits per heavy atom. The monoisotopic (exact) mass is 607 g/mol. The summed E-state index contributed by atoms with van der Waals surface area (Å²) in [6.45, 7) is 1.86. The Hall–Kier alpha value is -5.55. The van der Waals surface area contributed by atoms with Crippen molar-refractivity contribution in [1.29, 1.82) is 0 Å². The van der Waals surface area contributed by atoms with Crippen molar-refractivity contribution in [2.24, 2.45) is 4.99 Å². The average molecular weight is 608 g/mol. The van der Waals surface area contributed by atoms with Crippen LogP contribution >= 0.6 is 11.3 Å². The average Bonchev–Trinajstić information content (AvgIpc) is 3.64. The number of ether oxygens (including phenoxy) is 2. The number of hydrogen-bond acceptors (Lipinski definition) is 9. The van der Waals surface area contributed by atoms with Gasteiger partial charge >= 0.3 is 5.97 Å². The maximum Gasteiger partial charge on any atom is 0.338 e. The number of hydrogen-bond donors (Lipinski definition) is 0. The maximum atomic E-state index is 14.1. The summed E-state index contributed by atoms with van der Waals surface area (Å²) in [5.74, 6) is 0.595. The van der Waals surface area contributed by atoms with Crippen molar-refractivity contribution >= 4 is 34.8 Å². The molecule has 0 aliphatic carbocycles. The van der Waals surface area contributed by atoms with Gasteiger partial charge in [-0.25, -0.2) is 9.79 Å². The van der Waals surface area contributed by atoms with Gasteiger partial charge in [-0.15, -0.1) is 0 Å². The zero-order chi connectivity index (χ0) is 30.8. The maximum absolute atomic E-state index is 14.1. The molecule has 1 atom stereocenters. The third-order valence-corrected chi connectivity index (χ3v) is 8.03. The van der Waals surface area contributed by atoms with Crippen molar-refractivity contribution in [3.8, 4) is 17.1 Å². The molecule has 0 spiro atoms. The second-order valence-electron chi connectivity index (χ2n) is 9.68.